The Bertz CT molecular complexity index is 1220. The highest BCUT2D eigenvalue weighted by atomic mass is 16.7. The Morgan fingerprint density at radius 2 is 1.58 bits per heavy atom. The SMILES string of the molecule is COc1c2c(c(OC)c3c1C(=O)c1ccccc1C3=O)OC(c1ccc([N+](=O)[O-])o1)C2. The van der Waals surface area contributed by atoms with Crippen LogP contribution in [0.3, 0.4) is 0 Å². The fourth-order valence-electron chi connectivity index (χ4n) is 4.18. The van der Waals surface area contributed by atoms with Gasteiger partial charge in [-0.3, -0.25) is 19.7 Å². The highest BCUT2D eigenvalue weighted by Gasteiger charge is 2.43. The van der Waals surface area contributed by atoms with Gasteiger partial charge >= 0.3 is 5.88 Å². The molecule has 156 valence electrons. The van der Waals surface area contributed by atoms with Crippen LogP contribution in [0.1, 0.15) is 49.3 Å². The molecule has 0 spiro atoms. The lowest BCUT2D eigenvalue weighted by Gasteiger charge is -2.23. The van der Waals surface area contributed by atoms with Gasteiger partial charge in [0.15, 0.2) is 34.9 Å². The normalized spacial score (nSPS) is 16.3. The van der Waals surface area contributed by atoms with Crippen LogP contribution >= 0.6 is 0 Å². The van der Waals surface area contributed by atoms with Crippen molar-refractivity contribution in [2.75, 3.05) is 14.2 Å². The van der Waals surface area contributed by atoms with Gasteiger partial charge in [-0.2, -0.15) is 0 Å². The molecule has 2 aliphatic rings. The van der Waals surface area contributed by atoms with Crippen LogP contribution < -0.4 is 14.2 Å². The summed E-state index contributed by atoms with van der Waals surface area (Å²) in [6, 6.07) is 9.25. The summed E-state index contributed by atoms with van der Waals surface area (Å²) in [6.45, 7) is 0. The highest BCUT2D eigenvalue weighted by molar-refractivity contribution is 6.30. The van der Waals surface area contributed by atoms with Crippen LogP contribution in [0, 0.1) is 10.1 Å². The number of ether oxygens (including phenoxy) is 3. The number of hydrogen-bond donors (Lipinski definition) is 0. The minimum atomic E-state index is -0.706. The predicted molar refractivity (Wildman–Crippen MR) is 105 cm³/mol. The average Bonchev–Trinajstić information content (AvgIpc) is 3.43. The van der Waals surface area contributed by atoms with E-state index in [2.05, 4.69) is 0 Å². The van der Waals surface area contributed by atoms with Gasteiger partial charge in [0, 0.05) is 23.1 Å². The first-order valence-corrected chi connectivity index (χ1v) is 9.36. The third-order valence-corrected chi connectivity index (χ3v) is 5.50. The van der Waals surface area contributed by atoms with E-state index in [-0.39, 0.29) is 63.2 Å². The molecule has 5 rings (SSSR count). The monoisotopic (exact) mass is 421 g/mol. The quantitative estimate of drug-likeness (QED) is 0.362. The Morgan fingerprint density at radius 1 is 0.968 bits per heavy atom. The van der Waals surface area contributed by atoms with Crippen molar-refractivity contribution in [1.82, 2.24) is 0 Å². The summed E-state index contributed by atoms with van der Waals surface area (Å²) in [4.78, 5) is 36.9. The van der Waals surface area contributed by atoms with Crippen molar-refractivity contribution in [3.05, 3.63) is 80.1 Å². The fraction of sp³-hybridized carbons (Fsp3) is 0.182. The highest BCUT2D eigenvalue weighted by Crippen LogP contribution is 2.53. The van der Waals surface area contributed by atoms with E-state index < -0.39 is 16.9 Å². The van der Waals surface area contributed by atoms with E-state index in [1.54, 1.807) is 24.3 Å². The van der Waals surface area contributed by atoms with Crippen LogP contribution in [-0.4, -0.2) is 30.7 Å². The molecule has 3 aromatic rings. The molecule has 9 nitrogen and oxygen atoms in total. The molecule has 9 heteroatoms. The number of ketones is 2. The molecule has 2 heterocycles. The first-order valence-electron chi connectivity index (χ1n) is 9.36. The molecule has 1 aromatic heterocycles. The number of nitrogens with zero attached hydrogens (tertiary/aromatic N) is 1. The molecule has 0 amide bonds. The van der Waals surface area contributed by atoms with Crippen LogP contribution in [0.15, 0.2) is 40.8 Å². The van der Waals surface area contributed by atoms with E-state index in [0.29, 0.717) is 5.56 Å². The zero-order valence-corrected chi connectivity index (χ0v) is 16.5. The van der Waals surface area contributed by atoms with Gasteiger partial charge in [-0.15, -0.1) is 0 Å². The number of furan rings is 1. The Morgan fingerprint density at radius 3 is 2.13 bits per heavy atom. The number of carbonyl (C=O) groups excluding carboxylic acids is 2. The van der Waals surface area contributed by atoms with Crippen LogP contribution in [-0.2, 0) is 6.42 Å². The zero-order valence-electron chi connectivity index (χ0n) is 16.5. The molecule has 2 aromatic carbocycles. The van der Waals surface area contributed by atoms with Crippen molar-refractivity contribution in [2.24, 2.45) is 0 Å². The summed E-state index contributed by atoms with van der Waals surface area (Å²) in [7, 11) is 2.79. The predicted octanol–water partition coefficient (Wildman–Crippen LogP) is 3.66. The van der Waals surface area contributed by atoms with Gasteiger partial charge in [0.1, 0.15) is 10.7 Å². The molecule has 0 saturated heterocycles. The summed E-state index contributed by atoms with van der Waals surface area (Å²) in [6.07, 6.45) is -0.487. The van der Waals surface area contributed by atoms with Crippen molar-refractivity contribution in [3.63, 3.8) is 0 Å². The third-order valence-electron chi connectivity index (χ3n) is 5.50. The molecule has 1 aliphatic heterocycles. The lowest BCUT2D eigenvalue weighted by molar-refractivity contribution is -0.402. The molecule has 0 fully saturated rings. The largest absolute Gasteiger partial charge is 0.496 e. The number of carbonyl (C=O) groups is 2. The lowest BCUT2D eigenvalue weighted by Crippen LogP contribution is -2.23. The van der Waals surface area contributed by atoms with Gasteiger partial charge in [-0.1, -0.05) is 24.3 Å². The Hall–Kier alpha value is -4.14. The van der Waals surface area contributed by atoms with Crippen molar-refractivity contribution in [1.29, 1.82) is 0 Å². The first kappa shape index (κ1) is 18.9. The zero-order chi connectivity index (χ0) is 21.9. The molecule has 1 atom stereocenters. The van der Waals surface area contributed by atoms with Crippen LogP contribution in [0.25, 0.3) is 0 Å². The van der Waals surface area contributed by atoms with Crippen LogP contribution in [0.4, 0.5) is 5.88 Å². The topological polar surface area (TPSA) is 118 Å². The van der Waals surface area contributed by atoms with Gasteiger partial charge in [0.25, 0.3) is 0 Å². The van der Waals surface area contributed by atoms with Crippen LogP contribution in [0.5, 0.6) is 17.2 Å². The molecule has 31 heavy (non-hydrogen) atoms. The number of methoxy groups -OCH3 is 2. The second-order valence-electron chi connectivity index (χ2n) is 7.07. The van der Waals surface area contributed by atoms with E-state index in [1.165, 1.54) is 26.4 Å². The van der Waals surface area contributed by atoms with Gasteiger partial charge in [0.05, 0.1) is 31.4 Å². The lowest BCUT2D eigenvalue weighted by atomic mass is 9.81. The van der Waals surface area contributed by atoms with Crippen molar-refractivity contribution >= 4 is 17.5 Å². The van der Waals surface area contributed by atoms with Crippen molar-refractivity contribution in [3.8, 4) is 17.2 Å². The molecule has 0 N–H and O–H groups in total. The van der Waals surface area contributed by atoms with Gasteiger partial charge in [0.2, 0.25) is 0 Å². The van der Waals surface area contributed by atoms with E-state index in [1.807, 2.05) is 0 Å². The van der Waals surface area contributed by atoms with Crippen molar-refractivity contribution < 1.29 is 33.1 Å². The summed E-state index contributed by atoms with van der Waals surface area (Å²) in [5.41, 5.74) is 1.29. The van der Waals surface area contributed by atoms with E-state index in [9.17, 15) is 19.7 Å². The fourth-order valence-corrected chi connectivity index (χ4v) is 4.18. The molecular formula is C22H15NO8. The minimum Gasteiger partial charge on any atom is -0.496 e. The summed E-state index contributed by atoms with van der Waals surface area (Å²) >= 11 is 0. The number of hydrogen-bond acceptors (Lipinski definition) is 8. The average molecular weight is 421 g/mol. The molecule has 1 aliphatic carbocycles. The first-order chi connectivity index (χ1) is 15.0. The molecule has 0 saturated carbocycles. The molecule has 0 radical (unpaired) electrons. The van der Waals surface area contributed by atoms with Gasteiger partial charge in [-0.25, -0.2) is 0 Å². The Balaban J connectivity index is 1.70. The summed E-state index contributed by atoms with van der Waals surface area (Å²) in [5.74, 6) is -0.282. The minimum absolute atomic E-state index is 0.0767. The second-order valence-corrected chi connectivity index (χ2v) is 7.07. The summed E-state index contributed by atoms with van der Waals surface area (Å²) in [5, 5.41) is 11.0. The molecule has 0 bridgehead atoms. The van der Waals surface area contributed by atoms with Crippen LogP contribution in [0.2, 0.25) is 0 Å². The number of fused-ring (bicyclic) bond motifs is 3. The Labute approximate surface area is 175 Å². The number of nitro groups is 1. The van der Waals surface area contributed by atoms with Gasteiger partial charge < -0.3 is 18.6 Å². The number of benzene rings is 2. The van der Waals surface area contributed by atoms with E-state index >= 15 is 0 Å². The standard InChI is InChI=1S/C22H15NO8/c1-28-20-12-9-14(13-7-8-15(30-13)23(26)27)31-21(12)22(29-2)17-16(20)18(24)10-5-3-4-6-11(10)19(17)25/h3-8,14H,9H2,1-2H3. The number of rotatable bonds is 4. The second kappa shape index (κ2) is 6.69. The molecule has 1 unspecified atom stereocenters. The smallest absolute Gasteiger partial charge is 0.433 e. The maximum atomic E-state index is 13.3. The maximum absolute atomic E-state index is 13.3. The van der Waals surface area contributed by atoms with E-state index in [0.717, 1.165) is 0 Å². The molecular weight excluding hydrogens is 406 g/mol. The van der Waals surface area contributed by atoms with Gasteiger partial charge in [-0.05, 0) is 6.07 Å². The maximum Gasteiger partial charge on any atom is 0.433 e. The Kier molecular flexibility index (Phi) is 4.07. The van der Waals surface area contributed by atoms with E-state index in [4.69, 9.17) is 18.6 Å². The third kappa shape index (κ3) is 2.56. The summed E-state index contributed by atoms with van der Waals surface area (Å²) < 4.78 is 22.4. The van der Waals surface area contributed by atoms with Crippen molar-refractivity contribution in [2.45, 2.75) is 12.5 Å².